The van der Waals surface area contributed by atoms with Crippen molar-refractivity contribution in [2.75, 3.05) is 5.32 Å². The maximum absolute atomic E-state index is 12.0. The number of amides is 1. The van der Waals surface area contributed by atoms with Crippen LogP contribution in [0.2, 0.25) is 0 Å². The summed E-state index contributed by atoms with van der Waals surface area (Å²) in [6, 6.07) is 6.89. The van der Waals surface area contributed by atoms with E-state index >= 15 is 0 Å². The predicted octanol–water partition coefficient (Wildman–Crippen LogP) is 3.27. The van der Waals surface area contributed by atoms with Crippen molar-refractivity contribution in [1.82, 2.24) is 10.1 Å². The number of carbonyl (C=O) groups is 2. The van der Waals surface area contributed by atoms with E-state index < -0.39 is 11.4 Å². The molecule has 138 valence electrons. The van der Waals surface area contributed by atoms with Gasteiger partial charge in [-0.15, -0.1) is 0 Å². The summed E-state index contributed by atoms with van der Waals surface area (Å²) in [6.45, 7) is 3.30. The second-order valence-electron chi connectivity index (χ2n) is 7.23. The number of hydrogen-bond acceptors (Lipinski definition) is 5. The lowest BCUT2D eigenvalue weighted by atomic mass is 9.85. The Labute approximate surface area is 151 Å². The van der Waals surface area contributed by atoms with Gasteiger partial charge in [-0.1, -0.05) is 17.3 Å². The number of benzene rings is 1. The van der Waals surface area contributed by atoms with E-state index in [2.05, 4.69) is 15.5 Å². The number of aliphatic carboxylic acids is 1. The Morgan fingerprint density at radius 2 is 1.96 bits per heavy atom. The summed E-state index contributed by atoms with van der Waals surface area (Å²) in [4.78, 5) is 27.7. The van der Waals surface area contributed by atoms with Crippen molar-refractivity contribution >= 4 is 17.6 Å². The van der Waals surface area contributed by atoms with Gasteiger partial charge < -0.3 is 14.9 Å². The Hall–Kier alpha value is -2.70. The molecule has 1 saturated carbocycles. The maximum Gasteiger partial charge on any atom is 0.313 e. The minimum absolute atomic E-state index is 0.0998. The SMILES string of the molecule is CC(C)(C(=O)O)c1ccc(NC(=O)CCCc2nc(C3CC3)no2)cc1. The normalized spacial score (nSPS) is 14.2. The summed E-state index contributed by atoms with van der Waals surface area (Å²) in [6.07, 6.45) is 3.82. The van der Waals surface area contributed by atoms with Gasteiger partial charge in [0.2, 0.25) is 11.8 Å². The summed E-state index contributed by atoms with van der Waals surface area (Å²) < 4.78 is 5.19. The lowest BCUT2D eigenvalue weighted by Crippen LogP contribution is -2.28. The molecule has 1 aromatic heterocycles. The molecule has 2 aromatic rings. The summed E-state index contributed by atoms with van der Waals surface area (Å²) in [5.74, 6) is 0.844. The van der Waals surface area contributed by atoms with Crippen LogP contribution in [-0.4, -0.2) is 27.1 Å². The first-order valence-electron chi connectivity index (χ1n) is 8.82. The Bertz CT molecular complexity index is 791. The first-order chi connectivity index (χ1) is 12.4. The molecule has 26 heavy (non-hydrogen) atoms. The lowest BCUT2D eigenvalue weighted by molar-refractivity contribution is -0.142. The zero-order valence-electron chi connectivity index (χ0n) is 15.0. The van der Waals surface area contributed by atoms with Crippen LogP contribution in [0.25, 0.3) is 0 Å². The molecule has 0 spiro atoms. The summed E-state index contributed by atoms with van der Waals surface area (Å²) >= 11 is 0. The van der Waals surface area contributed by atoms with Gasteiger partial charge >= 0.3 is 5.97 Å². The van der Waals surface area contributed by atoms with Crippen LogP contribution in [0.15, 0.2) is 28.8 Å². The van der Waals surface area contributed by atoms with Crippen LogP contribution in [0, 0.1) is 0 Å². The number of aromatic nitrogens is 2. The molecule has 1 aliphatic rings. The van der Waals surface area contributed by atoms with E-state index in [1.165, 1.54) is 0 Å². The predicted molar refractivity (Wildman–Crippen MR) is 94.9 cm³/mol. The quantitative estimate of drug-likeness (QED) is 0.751. The van der Waals surface area contributed by atoms with E-state index in [0.717, 1.165) is 18.7 Å². The third-order valence-electron chi connectivity index (χ3n) is 4.65. The second-order valence-corrected chi connectivity index (χ2v) is 7.23. The fourth-order valence-electron chi connectivity index (χ4n) is 2.59. The first-order valence-corrected chi connectivity index (χ1v) is 8.82. The largest absolute Gasteiger partial charge is 0.481 e. The first kappa shape index (κ1) is 18.1. The van der Waals surface area contributed by atoms with Crippen LogP contribution in [0.4, 0.5) is 5.69 Å². The smallest absolute Gasteiger partial charge is 0.313 e. The number of carboxylic acids is 1. The Morgan fingerprint density at radius 1 is 1.27 bits per heavy atom. The molecular weight excluding hydrogens is 334 g/mol. The van der Waals surface area contributed by atoms with Crippen molar-refractivity contribution in [2.24, 2.45) is 0 Å². The van der Waals surface area contributed by atoms with Crippen LogP contribution < -0.4 is 5.32 Å². The standard InChI is InChI=1S/C19H23N3O4/c1-19(2,18(24)25)13-8-10-14(11-9-13)20-15(23)4-3-5-16-21-17(22-26-16)12-6-7-12/h8-12H,3-7H2,1-2H3,(H,20,23)(H,24,25). The van der Waals surface area contributed by atoms with Gasteiger partial charge in [-0.05, 0) is 50.8 Å². The van der Waals surface area contributed by atoms with Crippen molar-refractivity contribution in [1.29, 1.82) is 0 Å². The topological polar surface area (TPSA) is 105 Å². The number of carboxylic acid groups (broad SMARTS) is 1. The van der Waals surface area contributed by atoms with Crippen molar-refractivity contribution in [3.63, 3.8) is 0 Å². The van der Waals surface area contributed by atoms with Gasteiger partial charge in [0.25, 0.3) is 0 Å². The molecule has 0 unspecified atom stereocenters. The van der Waals surface area contributed by atoms with E-state index in [4.69, 9.17) is 4.52 Å². The minimum Gasteiger partial charge on any atom is -0.481 e. The van der Waals surface area contributed by atoms with Gasteiger partial charge in [-0.2, -0.15) is 4.98 Å². The number of rotatable bonds is 8. The van der Waals surface area contributed by atoms with Crippen LogP contribution in [0.1, 0.15) is 62.7 Å². The highest BCUT2D eigenvalue weighted by Crippen LogP contribution is 2.38. The zero-order valence-corrected chi connectivity index (χ0v) is 15.0. The molecule has 0 aliphatic heterocycles. The summed E-state index contributed by atoms with van der Waals surface area (Å²) in [5.41, 5.74) is 0.367. The van der Waals surface area contributed by atoms with Gasteiger partial charge in [-0.3, -0.25) is 9.59 Å². The highest BCUT2D eigenvalue weighted by atomic mass is 16.5. The third-order valence-corrected chi connectivity index (χ3v) is 4.65. The Morgan fingerprint density at radius 3 is 2.58 bits per heavy atom. The molecule has 0 radical (unpaired) electrons. The molecule has 1 aliphatic carbocycles. The Balaban J connectivity index is 1.46. The van der Waals surface area contributed by atoms with E-state index in [-0.39, 0.29) is 5.91 Å². The number of hydrogen-bond donors (Lipinski definition) is 2. The summed E-state index contributed by atoms with van der Waals surface area (Å²) in [5, 5.41) is 16.0. The average Bonchev–Trinajstić information content (AvgIpc) is 3.34. The maximum atomic E-state index is 12.0. The van der Waals surface area contributed by atoms with Gasteiger partial charge in [0, 0.05) is 24.4 Å². The van der Waals surface area contributed by atoms with Gasteiger partial charge in [0.1, 0.15) is 0 Å². The number of carbonyl (C=O) groups excluding carboxylic acids is 1. The average molecular weight is 357 g/mol. The van der Waals surface area contributed by atoms with Gasteiger partial charge in [0.15, 0.2) is 5.82 Å². The fourth-order valence-corrected chi connectivity index (χ4v) is 2.59. The molecule has 1 amide bonds. The molecule has 7 heteroatoms. The third kappa shape index (κ3) is 4.28. The van der Waals surface area contributed by atoms with E-state index in [0.29, 0.717) is 42.3 Å². The molecule has 0 bridgehead atoms. The molecule has 1 fully saturated rings. The highest BCUT2D eigenvalue weighted by Gasteiger charge is 2.29. The molecule has 7 nitrogen and oxygen atoms in total. The minimum atomic E-state index is -0.966. The molecule has 0 saturated heterocycles. The van der Waals surface area contributed by atoms with Gasteiger partial charge in [0.05, 0.1) is 5.41 Å². The molecule has 1 heterocycles. The van der Waals surface area contributed by atoms with Crippen molar-refractivity contribution in [2.45, 2.75) is 57.3 Å². The number of anilines is 1. The number of nitrogens with zero attached hydrogens (tertiary/aromatic N) is 2. The summed E-state index contributed by atoms with van der Waals surface area (Å²) in [7, 11) is 0. The second kappa shape index (κ2) is 7.27. The van der Waals surface area contributed by atoms with Crippen molar-refractivity contribution in [3.05, 3.63) is 41.5 Å². The molecule has 0 atom stereocenters. The van der Waals surface area contributed by atoms with E-state index in [9.17, 15) is 14.7 Å². The number of aryl methyl sites for hydroxylation is 1. The van der Waals surface area contributed by atoms with Crippen LogP contribution in [-0.2, 0) is 21.4 Å². The molecular formula is C19H23N3O4. The van der Waals surface area contributed by atoms with Crippen molar-refractivity contribution < 1.29 is 19.2 Å². The van der Waals surface area contributed by atoms with E-state index in [1.54, 1.807) is 38.1 Å². The molecule has 2 N–H and O–H groups in total. The van der Waals surface area contributed by atoms with Crippen LogP contribution in [0.3, 0.4) is 0 Å². The van der Waals surface area contributed by atoms with E-state index in [1.807, 2.05) is 0 Å². The molecule has 1 aromatic carbocycles. The van der Waals surface area contributed by atoms with Crippen LogP contribution in [0.5, 0.6) is 0 Å². The highest BCUT2D eigenvalue weighted by molar-refractivity contribution is 5.90. The monoisotopic (exact) mass is 357 g/mol. The van der Waals surface area contributed by atoms with Crippen molar-refractivity contribution in [3.8, 4) is 0 Å². The number of nitrogens with one attached hydrogen (secondary N) is 1. The molecule has 3 rings (SSSR count). The van der Waals surface area contributed by atoms with Gasteiger partial charge in [-0.25, -0.2) is 0 Å². The van der Waals surface area contributed by atoms with Crippen LogP contribution >= 0.6 is 0 Å². The fraction of sp³-hybridized carbons (Fsp3) is 0.474. The Kier molecular flexibility index (Phi) is 5.06. The zero-order chi connectivity index (χ0) is 18.7. The lowest BCUT2D eigenvalue weighted by Gasteiger charge is -2.19.